The average molecular weight is 375 g/mol. The number of carbonyl (C=O) groups excluding carboxylic acids is 2. The average Bonchev–Trinajstić information content (AvgIpc) is 3.24. The molecule has 24 heavy (non-hydrogen) atoms. The van der Waals surface area contributed by atoms with Gasteiger partial charge in [-0.25, -0.2) is 8.42 Å². The molecule has 2 amide bonds. The molecule has 1 aliphatic rings. The van der Waals surface area contributed by atoms with E-state index in [2.05, 4.69) is 10.6 Å². The van der Waals surface area contributed by atoms with Crippen LogP contribution in [-0.2, 0) is 24.3 Å². The zero-order chi connectivity index (χ0) is 17.6. The predicted octanol–water partition coefficient (Wildman–Crippen LogP) is -0.220. The first-order valence-corrected chi connectivity index (χ1v) is 9.89. The number of methoxy groups -OCH3 is 1. The van der Waals surface area contributed by atoms with Crippen molar-refractivity contribution in [2.24, 2.45) is 0 Å². The van der Waals surface area contributed by atoms with Gasteiger partial charge >= 0.3 is 11.8 Å². The lowest BCUT2D eigenvalue weighted by Crippen LogP contribution is -2.47. The molecular formula is C14H21N3O5S2. The second-order valence-corrected chi connectivity index (χ2v) is 8.37. The number of hydrogen-bond donors (Lipinski definition) is 2. The number of thiophene rings is 1. The Balaban J connectivity index is 1.90. The summed E-state index contributed by atoms with van der Waals surface area (Å²) < 4.78 is 31.7. The van der Waals surface area contributed by atoms with Gasteiger partial charge < -0.3 is 15.4 Å². The number of carbonyl (C=O) groups is 2. The zero-order valence-corrected chi connectivity index (χ0v) is 15.0. The minimum absolute atomic E-state index is 0.112. The molecule has 2 N–H and O–H groups in total. The minimum Gasteiger partial charge on any atom is -0.383 e. The first kappa shape index (κ1) is 18.8. The van der Waals surface area contributed by atoms with Crippen molar-refractivity contribution in [2.45, 2.75) is 23.1 Å². The molecule has 1 unspecified atom stereocenters. The van der Waals surface area contributed by atoms with Crippen molar-refractivity contribution in [3.8, 4) is 0 Å². The van der Waals surface area contributed by atoms with Gasteiger partial charge in [0.1, 0.15) is 4.21 Å². The minimum atomic E-state index is -3.55. The molecule has 1 aliphatic heterocycles. The van der Waals surface area contributed by atoms with E-state index in [0.29, 0.717) is 19.6 Å². The SMILES string of the molecule is COCCNC(=O)C(=O)NCC1CCCN1S(=O)(=O)c1cccs1. The molecule has 0 aromatic carbocycles. The smallest absolute Gasteiger partial charge is 0.309 e. The molecule has 1 aromatic rings. The summed E-state index contributed by atoms with van der Waals surface area (Å²) in [6.07, 6.45) is 1.38. The number of sulfonamides is 1. The molecule has 2 heterocycles. The van der Waals surface area contributed by atoms with E-state index in [9.17, 15) is 18.0 Å². The van der Waals surface area contributed by atoms with Crippen LogP contribution >= 0.6 is 11.3 Å². The van der Waals surface area contributed by atoms with Gasteiger partial charge in [-0.05, 0) is 24.3 Å². The molecule has 0 spiro atoms. The van der Waals surface area contributed by atoms with Crippen LogP contribution in [0, 0.1) is 0 Å². The van der Waals surface area contributed by atoms with Crippen molar-refractivity contribution in [2.75, 3.05) is 33.4 Å². The third kappa shape index (κ3) is 4.53. The topological polar surface area (TPSA) is 105 Å². The Kier molecular flexibility index (Phi) is 6.72. The predicted molar refractivity (Wildman–Crippen MR) is 89.1 cm³/mol. The van der Waals surface area contributed by atoms with Crippen LogP contribution in [-0.4, -0.2) is 63.9 Å². The number of hydrogen-bond acceptors (Lipinski definition) is 6. The third-order valence-electron chi connectivity index (χ3n) is 3.68. The highest BCUT2D eigenvalue weighted by molar-refractivity contribution is 7.91. The number of nitrogens with one attached hydrogen (secondary N) is 2. The fourth-order valence-corrected chi connectivity index (χ4v) is 5.31. The molecule has 1 fully saturated rings. The second kappa shape index (κ2) is 8.56. The summed E-state index contributed by atoms with van der Waals surface area (Å²) in [5, 5.41) is 6.63. The number of nitrogens with zero attached hydrogens (tertiary/aromatic N) is 1. The highest BCUT2D eigenvalue weighted by atomic mass is 32.2. The number of rotatable bonds is 7. The molecule has 2 rings (SSSR count). The third-order valence-corrected chi connectivity index (χ3v) is 7.00. The lowest BCUT2D eigenvalue weighted by atomic mass is 10.2. The van der Waals surface area contributed by atoms with Crippen molar-refractivity contribution in [3.63, 3.8) is 0 Å². The van der Waals surface area contributed by atoms with Gasteiger partial charge in [-0.15, -0.1) is 11.3 Å². The molecule has 1 aromatic heterocycles. The Bertz CT molecular complexity index is 660. The van der Waals surface area contributed by atoms with Gasteiger partial charge in [0.2, 0.25) is 0 Å². The normalized spacial score (nSPS) is 18.5. The van der Waals surface area contributed by atoms with E-state index in [1.165, 1.54) is 22.8 Å². The lowest BCUT2D eigenvalue weighted by molar-refractivity contribution is -0.139. The van der Waals surface area contributed by atoms with Crippen molar-refractivity contribution >= 4 is 33.2 Å². The van der Waals surface area contributed by atoms with Gasteiger partial charge in [0.05, 0.1) is 6.61 Å². The molecule has 1 saturated heterocycles. The van der Waals surface area contributed by atoms with Crippen LogP contribution in [0.25, 0.3) is 0 Å². The van der Waals surface area contributed by atoms with Crippen LogP contribution in [0.5, 0.6) is 0 Å². The van der Waals surface area contributed by atoms with Crippen LogP contribution in [0.3, 0.4) is 0 Å². The summed E-state index contributed by atoms with van der Waals surface area (Å²) in [6.45, 7) is 1.08. The van der Waals surface area contributed by atoms with E-state index in [4.69, 9.17) is 4.74 Å². The Morgan fingerprint density at radius 2 is 2.12 bits per heavy atom. The maximum atomic E-state index is 12.6. The number of amides is 2. The first-order chi connectivity index (χ1) is 11.5. The summed E-state index contributed by atoms with van der Waals surface area (Å²) in [5.41, 5.74) is 0. The van der Waals surface area contributed by atoms with Crippen molar-refractivity contribution in [1.29, 1.82) is 0 Å². The molecule has 8 nitrogen and oxygen atoms in total. The highest BCUT2D eigenvalue weighted by Gasteiger charge is 2.36. The Labute approximate surface area is 145 Å². The molecule has 1 atom stereocenters. The van der Waals surface area contributed by atoms with Crippen LogP contribution in [0.2, 0.25) is 0 Å². The van der Waals surface area contributed by atoms with Crippen molar-refractivity contribution in [1.82, 2.24) is 14.9 Å². The maximum absolute atomic E-state index is 12.6. The second-order valence-electron chi connectivity index (χ2n) is 5.30. The molecule has 134 valence electrons. The van der Waals surface area contributed by atoms with Gasteiger partial charge in [0, 0.05) is 32.8 Å². The summed E-state index contributed by atoms with van der Waals surface area (Å²) in [4.78, 5) is 23.3. The highest BCUT2D eigenvalue weighted by Crippen LogP contribution is 2.28. The van der Waals surface area contributed by atoms with Crippen LogP contribution in [0.1, 0.15) is 12.8 Å². The van der Waals surface area contributed by atoms with Gasteiger partial charge in [-0.2, -0.15) is 4.31 Å². The molecule has 0 saturated carbocycles. The van der Waals surface area contributed by atoms with Gasteiger partial charge in [-0.1, -0.05) is 6.07 Å². The maximum Gasteiger partial charge on any atom is 0.309 e. The molecule has 0 radical (unpaired) electrons. The van der Waals surface area contributed by atoms with E-state index < -0.39 is 21.8 Å². The van der Waals surface area contributed by atoms with E-state index in [1.54, 1.807) is 17.5 Å². The summed E-state index contributed by atoms with van der Waals surface area (Å²) in [6, 6.07) is 2.92. The number of ether oxygens (including phenoxy) is 1. The summed E-state index contributed by atoms with van der Waals surface area (Å²) in [5.74, 6) is -1.52. The molecule has 0 bridgehead atoms. The van der Waals surface area contributed by atoms with Crippen LogP contribution < -0.4 is 10.6 Å². The van der Waals surface area contributed by atoms with E-state index in [1.807, 2.05) is 0 Å². The molecule has 0 aliphatic carbocycles. The Morgan fingerprint density at radius 3 is 2.79 bits per heavy atom. The summed E-state index contributed by atoms with van der Waals surface area (Å²) >= 11 is 1.17. The quantitative estimate of drug-likeness (QED) is 0.506. The van der Waals surface area contributed by atoms with E-state index in [0.717, 1.165) is 6.42 Å². The fourth-order valence-electron chi connectivity index (χ4n) is 2.49. The molecule has 10 heteroatoms. The standard InChI is InChI=1S/C14H21N3O5S2/c1-22-8-6-15-13(18)14(19)16-10-11-4-2-7-17(11)24(20,21)12-5-3-9-23-12/h3,5,9,11H,2,4,6-8,10H2,1H3,(H,15,18)(H,16,19). The largest absolute Gasteiger partial charge is 0.383 e. The van der Waals surface area contributed by atoms with Crippen molar-refractivity contribution in [3.05, 3.63) is 17.5 Å². The van der Waals surface area contributed by atoms with Crippen molar-refractivity contribution < 1.29 is 22.7 Å². The van der Waals surface area contributed by atoms with Crippen LogP contribution in [0.4, 0.5) is 0 Å². The van der Waals surface area contributed by atoms with Gasteiger partial charge in [0.25, 0.3) is 10.0 Å². The first-order valence-electron chi connectivity index (χ1n) is 7.57. The lowest BCUT2D eigenvalue weighted by Gasteiger charge is -2.23. The van der Waals surface area contributed by atoms with Crippen LogP contribution in [0.15, 0.2) is 21.7 Å². The summed E-state index contributed by atoms with van der Waals surface area (Å²) in [7, 11) is -2.05. The fraction of sp³-hybridized carbons (Fsp3) is 0.571. The Hall–Kier alpha value is -1.49. The zero-order valence-electron chi connectivity index (χ0n) is 13.4. The van der Waals surface area contributed by atoms with Gasteiger partial charge in [-0.3, -0.25) is 9.59 Å². The monoisotopic (exact) mass is 375 g/mol. The van der Waals surface area contributed by atoms with E-state index in [-0.39, 0.29) is 23.3 Å². The van der Waals surface area contributed by atoms with Gasteiger partial charge in [0.15, 0.2) is 0 Å². The Morgan fingerprint density at radius 1 is 1.38 bits per heavy atom. The van der Waals surface area contributed by atoms with E-state index >= 15 is 0 Å². The molecular weight excluding hydrogens is 354 g/mol.